The summed E-state index contributed by atoms with van der Waals surface area (Å²) in [6, 6.07) is 8.51. The molecule has 1 aromatic rings. The van der Waals surface area contributed by atoms with Crippen molar-refractivity contribution in [3.05, 3.63) is 65.9 Å². The first-order valence-electron chi connectivity index (χ1n) is 5.91. The monoisotopic (exact) mass is 227 g/mol. The molecule has 0 bridgehead atoms. The predicted molar refractivity (Wildman–Crippen MR) is 77.3 cm³/mol. The lowest BCUT2D eigenvalue weighted by molar-refractivity contribution is 1.20. The summed E-state index contributed by atoms with van der Waals surface area (Å²) in [5, 5.41) is 0. The summed E-state index contributed by atoms with van der Waals surface area (Å²) >= 11 is 0. The number of hydrogen-bond donors (Lipinski definition) is 0. The molecule has 90 valence electrons. The van der Waals surface area contributed by atoms with Crippen LogP contribution in [-0.4, -0.2) is 7.05 Å². The van der Waals surface area contributed by atoms with Crippen LogP contribution in [0.25, 0.3) is 0 Å². The second-order valence-corrected chi connectivity index (χ2v) is 4.20. The summed E-state index contributed by atoms with van der Waals surface area (Å²) in [6.45, 7) is 6.22. The average molecular weight is 227 g/mol. The normalized spacial score (nSPS) is 12.6. The highest BCUT2D eigenvalue weighted by atomic mass is 15.1. The van der Waals surface area contributed by atoms with Crippen molar-refractivity contribution in [3.8, 4) is 0 Å². The van der Waals surface area contributed by atoms with Crippen molar-refractivity contribution >= 4 is 5.69 Å². The molecule has 0 spiro atoms. The van der Waals surface area contributed by atoms with Gasteiger partial charge in [0.1, 0.15) is 0 Å². The Hall–Kier alpha value is -1.76. The van der Waals surface area contributed by atoms with Gasteiger partial charge in [-0.15, -0.1) is 0 Å². The molecule has 0 saturated carbocycles. The van der Waals surface area contributed by atoms with Crippen molar-refractivity contribution < 1.29 is 0 Å². The Balaban J connectivity index is 2.66. The highest BCUT2D eigenvalue weighted by molar-refractivity contribution is 5.49. The second-order valence-electron chi connectivity index (χ2n) is 4.20. The Morgan fingerprint density at radius 3 is 2.41 bits per heavy atom. The minimum Gasteiger partial charge on any atom is -0.351 e. The molecule has 0 fully saturated rings. The molecule has 0 aliphatic carbocycles. The maximum atomic E-state index is 2.13. The quantitative estimate of drug-likeness (QED) is 0.686. The molecule has 0 aliphatic heterocycles. The summed E-state index contributed by atoms with van der Waals surface area (Å²) in [5.74, 6) is 0. The molecule has 0 amide bonds. The van der Waals surface area contributed by atoms with Crippen LogP contribution in [0.4, 0.5) is 5.69 Å². The highest BCUT2D eigenvalue weighted by Gasteiger charge is 1.94. The Kier molecular flexibility index (Phi) is 5.28. The van der Waals surface area contributed by atoms with Gasteiger partial charge < -0.3 is 4.90 Å². The van der Waals surface area contributed by atoms with Crippen LogP contribution in [0.5, 0.6) is 0 Å². The number of anilines is 1. The second kappa shape index (κ2) is 6.74. The number of nitrogens with zero attached hydrogens (tertiary/aromatic N) is 1. The average Bonchev–Trinajstić information content (AvgIpc) is 2.30. The highest BCUT2D eigenvalue weighted by Crippen LogP contribution is 2.13. The fourth-order valence-corrected chi connectivity index (χ4v) is 1.51. The van der Waals surface area contributed by atoms with Crippen LogP contribution >= 0.6 is 0 Å². The molecule has 17 heavy (non-hydrogen) atoms. The zero-order valence-electron chi connectivity index (χ0n) is 11.1. The lowest BCUT2D eigenvalue weighted by Crippen LogP contribution is -2.07. The van der Waals surface area contributed by atoms with E-state index in [-0.39, 0.29) is 0 Å². The van der Waals surface area contributed by atoms with Crippen LogP contribution < -0.4 is 4.90 Å². The molecule has 0 aromatic heterocycles. The van der Waals surface area contributed by atoms with E-state index in [1.54, 1.807) is 0 Å². The van der Waals surface area contributed by atoms with Gasteiger partial charge in [0.2, 0.25) is 0 Å². The topological polar surface area (TPSA) is 3.24 Å². The van der Waals surface area contributed by atoms with E-state index < -0.39 is 0 Å². The number of aryl methyl sites for hydroxylation is 1. The molecule has 1 nitrogen and oxygen atoms in total. The Bertz CT molecular complexity index is 421. The standard InChI is InChI=1S/C16H21N/c1-5-7-14(2)8-6-13-17(4)16-11-9-15(3)10-12-16/h5-13H,1-4H3/b7-5-,13-6+,14-8-. The minimum atomic E-state index is 1.20. The van der Waals surface area contributed by atoms with Crippen LogP contribution in [0.1, 0.15) is 19.4 Å². The summed E-state index contributed by atoms with van der Waals surface area (Å²) in [6.07, 6.45) is 10.4. The van der Waals surface area contributed by atoms with E-state index in [9.17, 15) is 0 Å². The first kappa shape index (κ1) is 13.3. The van der Waals surface area contributed by atoms with Crippen LogP contribution in [0.15, 0.2) is 60.3 Å². The summed E-state index contributed by atoms with van der Waals surface area (Å²) < 4.78 is 0. The number of hydrogen-bond acceptors (Lipinski definition) is 1. The molecule has 0 aliphatic rings. The molecule has 0 heterocycles. The first-order valence-corrected chi connectivity index (χ1v) is 5.91. The van der Waals surface area contributed by atoms with E-state index in [0.717, 1.165) is 0 Å². The minimum absolute atomic E-state index is 1.20. The van der Waals surface area contributed by atoms with Gasteiger partial charge in [-0.2, -0.15) is 0 Å². The molecule has 1 rings (SSSR count). The SMILES string of the molecule is C\C=C/C(C)=C\C=C\N(C)c1ccc(C)cc1. The summed E-state index contributed by atoms with van der Waals surface area (Å²) in [4.78, 5) is 2.11. The molecule has 1 heteroatoms. The lowest BCUT2D eigenvalue weighted by Gasteiger charge is -2.13. The van der Waals surface area contributed by atoms with E-state index in [1.165, 1.54) is 16.8 Å². The molecule has 0 unspecified atom stereocenters. The molecular weight excluding hydrogens is 206 g/mol. The maximum Gasteiger partial charge on any atom is 0.0403 e. The van der Waals surface area contributed by atoms with Gasteiger partial charge in [0.25, 0.3) is 0 Å². The largest absolute Gasteiger partial charge is 0.351 e. The molecule has 0 N–H and O–H groups in total. The van der Waals surface area contributed by atoms with Gasteiger partial charge in [0.15, 0.2) is 0 Å². The van der Waals surface area contributed by atoms with Crippen LogP contribution in [0.2, 0.25) is 0 Å². The van der Waals surface area contributed by atoms with Crippen molar-refractivity contribution in [3.63, 3.8) is 0 Å². The maximum absolute atomic E-state index is 2.13. The third-order valence-electron chi connectivity index (χ3n) is 2.54. The Morgan fingerprint density at radius 1 is 1.18 bits per heavy atom. The third-order valence-corrected chi connectivity index (χ3v) is 2.54. The van der Waals surface area contributed by atoms with Crippen molar-refractivity contribution in [1.82, 2.24) is 0 Å². The molecule has 0 saturated heterocycles. The molecular formula is C16H21N. The summed E-state index contributed by atoms with van der Waals surface area (Å²) in [5.41, 5.74) is 3.74. The van der Waals surface area contributed by atoms with Crippen molar-refractivity contribution in [2.45, 2.75) is 20.8 Å². The van der Waals surface area contributed by atoms with Gasteiger partial charge in [0.05, 0.1) is 0 Å². The van der Waals surface area contributed by atoms with E-state index >= 15 is 0 Å². The van der Waals surface area contributed by atoms with Gasteiger partial charge in [-0.05, 0) is 39.0 Å². The zero-order chi connectivity index (χ0) is 12.7. The number of benzene rings is 1. The third kappa shape index (κ3) is 4.73. The van der Waals surface area contributed by atoms with Gasteiger partial charge in [-0.1, -0.05) is 41.5 Å². The predicted octanol–water partition coefficient (Wildman–Crippen LogP) is 4.47. The van der Waals surface area contributed by atoms with Crippen LogP contribution in [0.3, 0.4) is 0 Å². The lowest BCUT2D eigenvalue weighted by atomic mass is 10.2. The van der Waals surface area contributed by atoms with Gasteiger partial charge >= 0.3 is 0 Å². The van der Waals surface area contributed by atoms with Gasteiger partial charge in [-0.3, -0.25) is 0 Å². The van der Waals surface area contributed by atoms with E-state index in [0.29, 0.717) is 0 Å². The van der Waals surface area contributed by atoms with Crippen molar-refractivity contribution in [1.29, 1.82) is 0 Å². The van der Waals surface area contributed by atoms with E-state index in [2.05, 4.69) is 74.5 Å². The van der Waals surface area contributed by atoms with E-state index in [1.807, 2.05) is 13.0 Å². The Labute approximate surface area is 105 Å². The van der Waals surface area contributed by atoms with Crippen molar-refractivity contribution in [2.75, 3.05) is 11.9 Å². The molecule has 1 aromatic carbocycles. The Morgan fingerprint density at radius 2 is 1.82 bits per heavy atom. The van der Waals surface area contributed by atoms with Crippen LogP contribution in [0, 0.1) is 6.92 Å². The summed E-state index contributed by atoms with van der Waals surface area (Å²) in [7, 11) is 2.06. The van der Waals surface area contributed by atoms with Gasteiger partial charge in [0, 0.05) is 18.9 Å². The molecule has 0 radical (unpaired) electrons. The van der Waals surface area contributed by atoms with Crippen molar-refractivity contribution in [2.24, 2.45) is 0 Å². The fourth-order valence-electron chi connectivity index (χ4n) is 1.51. The van der Waals surface area contributed by atoms with Crippen LogP contribution in [-0.2, 0) is 0 Å². The zero-order valence-corrected chi connectivity index (χ0v) is 11.1. The smallest absolute Gasteiger partial charge is 0.0403 e. The van der Waals surface area contributed by atoms with E-state index in [4.69, 9.17) is 0 Å². The molecule has 0 atom stereocenters. The number of allylic oxidation sites excluding steroid dienone is 5. The fraction of sp³-hybridized carbons (Fsp3) is 0.250. The van der Waals surface area contributed by atoms with Gasteiger partial charge in [-0.25, -0.2) is 0 Å². The number of rotatable bonds is 4. The first-order chi connectivity index (χ1) is 8.13.